The van der Waals surface area contributed by atoms with Crippen LogP contribution in [0.4, 0.5) is 0 Å². The van der Waals surface area contributed by atoms with Crippen molar-refractivity contribution in [1.29, 1.82) is 0 Å². The first kappa shape index (κ1) is 39.5. The number of aliphatic hydroxyl groups is 2. The molecule has 39 heavy (non-hydrogen) atoms. The first-order valence-electron chi connectivity index (χ1n) is 13.8. The summed E-state index contributed by atoms with van der Waals surface area (Å²) >= 11 is 0. The summed E-state index contributed by atoms with van der Waals surface area (Å²) in [6.45, 7) is 4.50. The van der Waals surface area contributed by atoms with Crippen LogP contribution in [0.2, 0.25) is 0 Å². The van der Waals surface area contributed by atoms with E-state index in [1.54, 1.807) is 0 Å². The van der Waals surface area contributed by atoms with Crippen LogP contribution in [0.15, 0.2) is 0 Å². The molecule has 5 fully saturated rings. The largest absolute Gasteiger partial charge is 0.412 e. The molecular formula is C24H50Cu2N4O9. The molecule has 3 saturated carbocycles. The molecule has 2 heterocycles. The summed E-state index contributed by atoms with van der Waals surface area (Å²) in [7, 11) is 0. The van der Waals surface area contributed by atoms with E-state index in [1.165, 1.54) is 51.4 Å². The SMILES string of the molecule is O.OC1CCN(C2C3CCCCC3C(N3CCC(O)CC3)C3CCCCC32)CC1.ON(O)O.ON(O)O.[Cu].[Cu]. The van der Waals surface area contributed by atoms with Crippen molar-refractivity contribution in [2.45, 2.75) is 101 Å². The van der Waals surface area contributed by atoms with Crippen molar-refractivity contribution >= 4 is 0 Å². The molecular weight excluding hydrogens is 615 g/mol. The first-order valence-corrected chi connectivity index (χ1v) is 13.8. The fourth-order valence-electron chi connectivity index (χ4n) is 8.16. The van der Waals surface area contributed by atoms with Gasteiger partial charge in [-0.05, 0) is 75.0 Å². The second-order valence-electron chi connectivity index (χ2n) is 11.3. The Hall–Kier alpha value is 0.519. The van der Waals surface area contributed by atoms with Gasteiger partial charge in [-0.25, -0.2) is 0 Å². The van der Waals surface area contributed by atoms with Crippen LogP contribution in [0.5, 0.6) is 0 Å². The van der Waals surface area contributed by atoms with E-state index in [9.17, 15) is 10.2 Å². The number of nitrogens with zero attached hydrogens (tertiary/aromatic N) is 4. The Kier molecular flexibility index (Phi) is 19.9. The summed E-state index contributed by atoms with van der Waals surface area (Å²) in [4.78, 5) is 5.68. The number of likely N-dealkylation sites (tertiary alicyclic amines) is 2. The number of piperidine rings is 2. The second-order valence-corrected chi connectivity index (χ2v) is 11.3. The molecule has 13 nitrogen and oxygen atoms in total. The van der Waals surface area contributed by atoms with Crippen LogP contribution >= 0.6 is 0 Å². The minimum Gasteiger partial charge on any atom is -0.412 e. The first-order chi connectivity index (χ1) is 17.2. The maximum atomic E-state index is 10.1. The normalized spacial score (nSPS) is 34.0. The van der Waals surface area contributed by atoms with Crippen molar-refractivity contribution in [3.8, 4) is 0 Å². The predicted octanol–water partition coefficient (Wildman–Crippen LogP) is 1.35. The Morgan fingerprint density at radius 3 is 0.846 bits per heavy atom. The van der Waals surface area contributed by atoms with E-state index >= 15 is 0 Å². The number of aliphatic hydroxyl groups excluding tert-OH is 2. The van der Waals surface area contributed by atoms with Gasteiger partial charge in [-0.1, -0.05) is 25.7 Å². The molecule has 10 N–H and O–H groups in total. The van der Waals surface area contributed by atoms with Gasteiger partial charge in [-0.15, -0.1) is 0 Å². The molecule has 4 unspecified atom stereocenters. The zero-order valence-corrected chi connectivity index (χ0v) is 24.3. The molecule has 0 spiro atoms. The summed E-state index contributed by atoms with van der Waals surface area (Å²) in [6.07, 6.45) is 15.3. The topological polar surface area (TPSA) is 206 Å². The quantitative estimate of drug-likeness (QED) is 0.155. The van der Waals surface area contributed by atoms with Gasteiger partial charge in [-0.2, -0.15) is 0 Å². The third-order valence-corrected chi connectivity index (χ3v) is 9.35. The van der Waals surface area contributed by atoms with E-state index in [0.29, 0.717) is 0 Å². The van der Waals surface area contributed by atoms with Gasteiger partial charge in [-0.3, -0.25) is 41.0 Å². The Labute approximate surface area is 252 Å². The van der Waals surface area contributed by atoms with Gasteiger partial charge in [0.25, 0.3) is 0 Å². The Balaban J connectivity index is 0.00000117. The van der Waals surface area contributed by atoms with E-state index in [4.69, 9.17) is 31.2 Å². The number of rotatable bonds is 2. The molecule has 242 valence electrons. The van der Waals surface area contributed by atoms with E-state index < -0.39 is 10.8 Å². The molecule has 2 radical (unpaired) electrons. The molecule has 2 saturated heterocycles. The molecule has 5 rings (SSSR count). The Bertz CT molecular complexity index is 549. The second kappa shape index (κ2) is 19.7. The van der Waals surface area contributed by atoms with Crippen molar-refractivity contribution < 1.29 is 81.1 Å². The number of hydrogen-bond donors (Lipinski definition) is 8. The monoisotopic (exact) mass is 664 g/mol. The molecule has 4 atom stereocenters. The molecule has 0 aromatic rings. The Morgan fingerprint density at radius 2 is 0.641 bits per heavy atom. The fourth-order valence-corrected chi connectivity index (χ4v) is 8.16. The summed E-state index contributed by atoms with van der Waals surface area (Å²) in [5.41, 5.74) is 0. The van der Waals surface area contributed by atoms with E-state index in [2.05, 4.69) is 9.80 Å². The smallest absolute Gasteiger partial charge is 0.0685 e. The van der Waals surface area contributed by atoms with Crippen LogP contribution in [-0.4, -0.2) is 118 Å². The van der Waals surface area contributed by atoms with Crippen LogP contribution in [0, 0.1) is 23.7 Å². The van der Waals surface area contributed by atoms with Crippen LogP contribution in [0.3, 0.4) is 0 Å². The molecule has 0 amide bonds. The Morgan fingerprint density at radius 1 is 0.436 bits per heavy atom. The zero-order valence-electron chi connectivity index (χ0n) is 22.4. The van der Waals surface area contributed by atoms with Gasteiger partial charge < -0.3 is 15.7 Å². The van der Waals surface area contributed by atoms with Crippen LogP contribution in [0.1, 0.15) is 77.0 Å². The number of hydrogen-bond acceptors (Lipinski definition) is 12. The van der Waals surface area contributed by atoms with Crippen molar-refractivity contribution in [2.24, 2.45) is 23.7 Å². The number of fused-ring (bicyclic) bond motifs is 2. The van der Waals surface area contributed by atoms with E-state index in [1.807, 2.05) is 0 Å². The standard InChI is InChI=1S/C24H42N2O2.2Cu.2H3NO3.H2O/c27-17-9-13-25(14-10-17)23-19-5-1-2-6-20(19)24(22-8-4-3-7-21(22)23)26-15-11-18(28)12-16-26;;;2*2-1(3)4;/h17-24,27-28H,1-16H2;;;2*2-4H;1H2. The van der Waals surface area contributed by atoms with Crippen molar-refractivity contribution in [2.75, 3.05) is 26.2 Å². The minimum atomic E-state index is -1.00. The average Bonchev–Trinajstić information content (AvgIpc) is 2.83. The molecule has 0 bridgehead atoms. The fraction of sp³-hybridized carbons (Fsp3) is 1.00. The van der Waals surface area contributed by atoms with E-state index in [0.717, 1.165) is 87.6 Å². The predicted molar refractivity (Wildman–Crippen MR) is 130 cm³/mol. The maximum absolute atomic E-state index is 10.1. The van der Waals surface area contributed by atoms with Gasteiger partial charge in [0.15, 0.2) is 0 Å². The molecule has 2 aliphatic heterocycles. The average molecular weight is 666 g/mol. The molecule has 0 aromatic heterocycles. The summed E-state index contributed by atoms with van der Waals surface area (Å²) < 4.78 is 0. The van der Waals surface area contributed by atoms with Crippen molar-refractivity contribution in [3.63, 3.8) is 0 Å². The van der Waals surface area contributed by atoms with Gasteiger partial charge in [0, 0.05) is 72.4 Å². The maximum Gasteiger partial charge on any atom is 0.0685 e. The van der Waals surface area contributed by atoms with Crippen molar-refractivity contribution in [1.82, 2.24) is 20.6 Å². The molecule has 3 aliphatic carbocycles. The molecule has 0 aromatic carbocycles. The van der Waals surface area contributed by atoms with Crippen LogP contribution in [0.25, 0.3) is 0 Å². The van der Waals surface area contributed by atoms with Gasteiger partial charge in [0.2, 0.25) is 0 Å². The third kappa shape index (κ3) is 11.6. The van der Waals surface area contributed by atoms with Crippen LogP contribution in [-0.2, 0) is 34.1 Å². The minimum absolute atomic E-state index is 0. The zero-order chi connectivity index (χ0) is 26.2. The van der Waals surface area contributed by atoms with Gasteiger partial charge in [0.1, 0.15) is 0 Å². The third-order valence-electron chi connectivity index (χ3n) is 9.35. The summed E-state index contributed by atoms with van der Waals surface area (Å²) in [6, 6.07) is 1.57. The molecule has 5 aliphatic rings. The van der Waals surface area contributed by atoms with E-state index in [-0.39, 0.29) is 51.8 Å². The van der Waals surface area contributed by atoms with Crippen LogP contribution < -0.4 is 0 Å². The summed E-state index contributed by atoms with van der Waals surface area (Å²) in [5, 5.41) is 60.1. The van der Waals surface area contributed by atoms with Gasteiger partial charge in [0.05, 0.1) is 23.0 Å². The summed E-state index contributed by atoms with van der Waals surface area (Å²) in [5.74, 6) is 3.50. The molecule has 15 heteroatoms. The van der Waals surface area contributed by atoms with Crippen molar-refractivity contribution in [3.05, 3.63) is 0 Å². The van der Waals surface area contributed by atoms with Gasteiger partial charge >= 0.3 is 0 Å².